The molecule has 19 heavy (non-hydrogen) atoms. The Labute approximate surface area is 112 Å². The maximum Gasteiger partial charge on any atom is 0.204 e. The van der Waals surface area contributed by atoms with Gasteiger partial charge in [-0.1, -0.05) is 0 Å². The molecule has 1 aliphatic heterocycles. The molecular weight excluding hydrogens is 244 g/mol. The Morgan fingerprint density at radius 2 is 2.32 bits per heavy atom. The molecule has 1 aromatic rings. The van der Waals surface area contributed by atoms with Crippen LogP contribution in [0.15, 0.2) is 17.8 Å². The Bertz CT molecular complexity index is 571. The molecule has 3 rings (SSSR count). The van der Waals surface area contributed by atoms with E-state index < -0.39 is 0 Å². The van der Waals surface area contributed by atoms with E-state index in [0.29, 0.717) is 5.69 Å². The Kier molecular flexibility index (Phi) is 2.86. The standard InChI is InChI=1S/C14H18N2O3/c1-9-7-10-8-15(18)12-6-4-3-5-11(12)14(19-2)16(10)13(9)17/h6-8,11,14,17H,3-5H2,1-2H3. The summed E-state index contributed by atoms with van der Waals surface area (Å²) < 4.78 is 8.23. The van der Waals surface area contributed by atoms with E-state index in [2.05, 4.69) is 0 Å². The zero-order chi connectivity index (χ0) is 13.6. The fraction of sp³-hybridized carbons (Fsp3) is 0.500. The second-order valence-electron chi connectivity index (χ2n) is 5.19. The van der Waals surface area contributed by atoms with Crippen LogP contribution in [0.25, 0.3) is 0 Å². The van der Waals surface area contributed by atoms with E-state index in [1.54, 1.807) is 11.7 Å². The number of fused-ring (bicyclic) bond motifs is 2. The summed E-state index contributed by atoms with van der Waals surface area (Å²) in [4.78, 5) is 0. The average Bonchev–Trinajstić information content (AvgIpc) is 2.62. The third kappa shape index (κ3) is 1.76. The number of aromatic nitrogens is 1. The second-order valence-corrected chi connectivity index (χ2v) is 5.19. The monoisotopic (exact) mass is 262 g/mol. The summed E-state index contributed by atoms with van der Waals surface area (Å²) in [6, 6.07) is 1.81. The Balaban J connectivity index is 2.21. The van der Waals surface area contributed by atoms with Crippen LogP contribution in [0.2, 0.25) is 0 Å². The third-order valence-electron chi connectivity index (χ3n) is 4.02. The minimum absolute atomic E-state index is 0.00792. The van der Waals surface area contributed by atoms with Crippen molar-refractivity contribution in [3.8, 4) is 5.88 Å². The third-order valence-corrected chi connectivity index (χ3v) is 4.02. The van der Waals surface area contributed by atoms with E-state index in [-0.39, 0.29) is 18.0 Å². The molecule has 0 fully saturated rings. The number of ether oxygens (including phenoxy) is 1. The van der Waals surface area contributed by atoms with Gasteiger partial charge in [-0.3, -0.25) is 4.57 Å². The first kappa shape index (κ1) is 12.3. The molecule has 2 heterocycles. The SMILES string of the molecule is COC1C2CCCC=C2[N+]([O-])=Cc2cc(C)c(O)n21. The van der Waals surface area contributed by atoms with Crippen LogP contribution in [0.3, 0.4) is 0 Å². The van der Waals surface area contributed by atoms with Crippen molar-refractivity contribution in [2.45, 2.75) is 32.4 Å². The van der Waals surface area contributed by atoms with Crippen LogP contribution in [-0.2, 0) is 4.74 Å². The van der Waals surface area contributed by atoms with Gasteiger partial charge in [0, 0.05) is 12.7 Å². The quantitative estimate of drug-likeness (QED) is 0.624. The topological polar surface area (TPSA) is 60.5 Å². The molecule has 0 radical (unpaired) electrons. The highest BCUT2D eigenvalue weighted by atomic mass is 16.5. The lowest BCUT2D eigenvalue weighted by molar-refractivity contribution is -0.409. The van der Waals surface area contributed by atoms with Crippen molar-refractivity contribution in [3.63, 3.8) is 0 Å². The van der Waals surface area contributed by atoms with Crippen LogP contribution in [0.5, 0.6) is 5.88 Å². The van der Waals surface area contributed by atoms with Crippen molar-refractivity contribution in [2.75, 3.05) is 7.11 Å². The summed E-state index contributed by atoms with van der Waals surface area (Å²) in [5.41, 5.74) is 2.19. The molecule has 2 aliphatic rings. The van der Waals surface area contributed by atoms with Gasteiger partial charge in [0.2, 0.25) is 6.21 Å². The fourth-order valence-electron chi connectivity index (χ4n) is 3.11. The largest absolute Gasteiger partial charge is 0.618 e. The molecule has 2 unspecified atom stereocenters. The first-order valence-electron chi connectivity index (χ1n) is 6.58. The Hall–Kier alpha value is -1.75. The number of aryl methyl sites for hydroxylation is 1. The van der Waals surface area contributed by atoms with Gasteiger partial charge in [0.15, 0.2) is 11.6 Å². The van der Waals surface area contributed by atoms with Gasteiger partial charge in [0.25, 0.3) is 0 Å². The number of allylic oxidation sites excluding steroid dienone is 1. The van der Waals surface area contributed by atoms with Crippen LogP contribution in [0, 0.1) is 18.0 Å². The second kappa shape index (κ2) is 4.42. The molecular formula is C14H18N2O3. The lowest BCUT2D eigenvalue weighted by Crippen LogP contribution is -2.26. The predicted octanol–water partition coefficient (Wildman–Crippen LogP) is 2.27. The fourth-order valence-corrected chi connectivity index (χ4v) is 3.11. The maximum atomic E-state index is 12.2. The van der Waals surface area contributed by atoms with E-state index in [1.807, 2.05) is 19.1 Å². The lowest BCUT2D eigenvalue weighted by Gasteiger charge is -2.28. The number of hydroxylamine groups is 1. The molecule has 0 amide bonds. The highest BCUT2D eigenvalue weighted by Gasteiger charge is 2.38. The molecule has 0 spiro atoms. The maximum absolute atomic E-state index is 12.2. The minimum Gasteiger partial charge on any atom is -0.618 e. The molecule has 0 bridgehead atoms. The summed E-state index contributed by atoms with van der Waals surface area (Å²) >= 11 is 0. The number of methoxy groups -OCH3 is 1. The predicted molar refractivity (Wildman–Crippen MR) is 71.1 cm³/mol. The van der Waals surface area contributed by atoms with Crippen molar-refractivity contribution in [2.24, 2.45) is 5.92 Å². The highest BCUT2D eigenvalue weighted by molar-refractivity contribution is 5.76. The zero-order valence-electron chi connectivity index (χ0n) is 11.2. The van der Waals surface area contributed by atoms with E-state index in [9.17, 15) is 10.3 Å². The zero-order valence-corrected chi connectivity index (χ0v) is 11.2. The summed E-state index contributed by atoms with van der Waals surface area (Å²) in [5, 5.41) is 22.4. The van der Waals surface area contributed by atoms with Gasteiger partial charge in [0.1, 0.15) is 11.9 Å². The first-order chi connectivity index (χ1) is 9.13. The van der Waals surface area contributed by atoms with Gasteiger partial charge in [-0.2, -0.15) is 4.74 Å². The molecule has 2 atom stereocenters. The number of hydrogen-bond acceptors (Lipinski definition) is 3. The van der Waals surface area contributed by atoms with E-state index in [1.165, 1.54) is 6.21 Å². The first-order valence-corrected chi connectivity index (χ1v) is 6.58. The van der Waals surface area contributed by atoms with Crippen molar-refractivity contribution < 1.29 is 14.6 Å². The van der Waals surface area contributed by atoms with Gasteiger partial charge in [-0.25, -0.2) is 0 Å². The number of nitrogens with zero attached hydrogens (tertiary/aromatic N) is 2. The molecule has 5 heteroatoms. The Morgan fingerprint density at radius 1 is 1.53 bits per heavy atom. The van der Waals surface area contributed by atoms with Crippen LogP contribution >= 0.6 is 0 Å². The van der Waals surface area contributed by atoms with Gasteiger partial charge >= 0.3 is 0 Å². The smallest absolute Gasteiger partial charge is 0.204 e. The molecule has 0 aromatic carbocycles. The van der Waals surface area contributed by atoms with Crippen LogP contribution in [0.4, 0.5) is 0 Å². The number of hydrogen-bond donors (Lipinski definition) is 1. The molecule has 1 aliphatic carbocycles. The van der Waals surface area contributed by atoms with Gasteiger partial charge in [-0.05, 0) is 38.3 Å². The molecule has 0 saturated carbocycles. The van der Waals surface area contributed by atoms with Gasteiger partial charge < -0.3 is 15.1 Å². The molecule has 1 N–H and O–H groups in total. The highest BCUT2D eigenvalue weighted by Crippen LogP contribution is 2.40. The molecule has 102 valence electrons. The van der Waals surface area contributed by atoms with Crippen LogP contribution in [0.1, 0.15) is 36.7 Å². The molecule has 0 saturated heterocycles. The number of aromatic hydroxyl groups is 1. The average molecular weight is 262 g/mol. The van der Waals surface area contributed by atoms with E-state index in [4.69, 9.17) is 4.74 Å². The van der Waals surface area contributed by atoms with Crippen LogP contribution < -0.4 is 0 Å². The summed E-state index contributed by atoms with van der Waals surface area (Å²) in [5.74, 6) is 0.171. The van der Waals surface area contributed by atoms with Crippen molar-refractivity contribution >= 4 is 6.21 Å². The summed E-state index contributed by atoms with van der Waals surface area (Å²) in [6.07, 6.45) is 6.04. The van der Waals surface area contributed by atoms with E-state index in [0.717, 1.165) is 35.3 Å². The summed E-state index contributed by atoms with van der Waals surface area (Å²) in [6.45, 7) is 1.82. The normalized spacial score (nSPS) is 26.0. The van der Waals surface area contributed by atoms with Crippen molar-refractivity contribution in [3.05, 3.63) is 34.3 Å². The molecule has 5 nitrogen and oxygen atoms in total. The number of rotatable bonds is 1. The Morgan fingerprint density at radius 3 is 3.05 bits per heavy atom. The summed E-state index contributed by atoms with van der Waals surface area (Å²) in [7, 11) is 1.62. The van der Waals surface area contributed by atoms with E-state index >= 15 is 0 Å². The minimum atomic E-state index is -0.328. The van der Waals surface area contributed by atoms with Crippen molar-refractivity contribution in [1.29, 1.82) is 0 Å². The van der Waals surface area contributed by atoms with Gasteiger partial charge in [-0.15, -0.1) is 0 Å². The van der Waals surface area contributed by atoms with Crippen LogP contribution in [-0.4, -0.2) is 27.7 Å². The van der Waals surface area contributed by atoms with Gasteiger partial charge in [0.05, 0.1) is 5.92 Å². The molecule has 1 aromatic heterocycles. The van der Waals surface area contributed by atoms with Crippen molar-refractivity contribution in [1.82, 2.24) is 4.57 Å². The lowest BCUT2D eigenvalue weighted by atomic mass is 9.90.